The van der Waals surface area contributed by atoms with Gasteiger partial charge in [0, 0.05) is 7.11 Å². The Morgan fingerprint density at radius 3 is 2.52 bits per heavy atom. The van der Waals surface area contributed by atoms with Crippen molar-refractivity contribution in [2.75, 3.05) is 7.11 Å². The number of hydrogen-bond donors (Lipinski definition) is 1. The predicted octanol–water partition coefficient (Wildman–Crippen LogP) is 7.55. The second kappa shape index (κ2) is 8.15. The third-order valence-electron chi connectivity index (χ3n) is 11.1. The average molecular weight is 431 g/mol. The highest BCUT2D eigenvalue weighted by atomic mass is 16.5. The number of aliphatic hydroxyl groups is 1. The first-order valence-electron chi connectivity index (χ1n) is 13.4. The molecule has 178 valence electrons. The van der Waals surface area contributed by atoms with Crippen molar-refractivity contribution in [2.24, 2.45) is 40.4 Å². The van der Waals surface area contributed by atoms with E-state index >= 15 is 0 Å². The highest BCUT2D eigenvalue weighted by molar-refractivity contribution is 5.27. The van der Waals surface area contributed by atoms with E-state index in [1.54, 1.807) is 5.57 Å². The Kier molecular flexibility index (Phi) is 6.26. The predicted molar refractivity (Wildman–Crippen MR) is 130 cm³/mol. The van der Waals surface area contributed by atoms with Crippen LogP contribution in [0.25, 0.3) is 0 Å². The Morgan fingerprint density at radius 2 is 1.84 bits per heavy atom. The van der Waals surface area contributed by atoms with Crippen LogP contribution >= 0.6 is 0 Å². The van der Waals surface area contributed by atoms with Crippen molar-refractivity contribution in [2.45, 2.75) is 123 Å². The molecule has 2 nitrogen and oxygen atoms in total. The number of ether oxygens (including phenoxy) is 1. The van der Waals surface area contributed by atoms with Crippen molar-refractivity contribution >= 4 is 0 Å². The second-order valence-corrected chi connectivity index (χ2v) is 13.5. The van der Waals surface area contributed by atoms with Crippen LogP contribution in [0.4, 0.5) is 0 Å². The van der Waals surface area contributed by atoms with Gasteiger partial charge in [-0.15, -0.1) is 0 Å². The van der Waals surface area contributed by atoms with Crippen LogP contribution in [0.5, 0.6) is 0 Å². The van der Waals surface area contributed by atoms with Crippen LogP contribution in [0.15, 0.2) is 11.6 Å². The molecule has 0 amide bonds. The second-order valence-electron chi connectivity index (χ2n) is 13.5. The summed E-state index contributed by atoms with van der Waals surface area (Å²) >= 11 is 0. The van der Waals surface area contributed by atoms with Crippen molar-refractivity contribution < 1.29 is 9.84 Å². The van der Waals surface area contributed by atoms with Crippen LogP contribution in [0.1, 0.15) is 112 Å². The van der Waals surface area contributed by atoms with Gasteiger partial charge in [0.25, 0.3) is 0 Å². The molecule has 2 heteroatoms. The van der Waals surface area contributed by atoms with Gasteiger partial charge in [-0.05, 0) is 119 Å². The first-order valence-corrected chi connectivity index (χ1v) is 13.4. The SMILES string of the molecule is CO[C@@]1(C)CC[C@@]2(C)C(=CC[C@H]3[C@@H]4CC[C@H]([C@H](C)CCCC(C)(C)O)[C@@]4(C)CC[C@@H]32)C1. The maximum absolute atomic E-state index is 10.1. The molecule has 4 aliphatic rings. The molecule has 0 aromatic heterocycles. The van der Waals surface area contributed by atoms with Gasteiger partial charge in [0.2, 0.25) is 0 Å². The summed E-state index contributed by atoms with van der Waals surface area (Å²) in [6, 6.07) is 0. The quantitative estimate of drug-likeness (QED) is 0.441. The third-order valence-corrected chi connectivity index (χ3v) is 11.1. The fourth-order valence-corrected chi connectivity index (χ4v) is 9.00. The molecule has 0 aromatic rings. The molecule has 3 saturated carbocycles. The van der Waals surface area contributed by atoms with Crippen LogP contribution in [-0.4, -0.2) is 23.4 Å². The highest BCUT2D eigenvalue weighted by Crippen LogP contribution is 2.67. The smallest absolute Gasteiger partial charge is 0.0688 e. The van der Waals surface area contributed by atoms with E-state index in [-0.39, 0.29) is 5.60 Å². The van der Waals surface area contributed by atoms with Crippen molar-refractivity contribution in [1.82, 2.24) is 0 Å². The van der Waals surface area contributed by atoms with Crippen molar-refractivity contribution in [3.05, 3.63) is 11.6 Å². The minimum Gasteiger partial charge on any atom is -0.390 e. The third kappa shape index (κ3) is 4.18. The van der Waals surface area contributed by atoms with Gasteiger partial charge in [0.1, 0.15) is 0 Å². The molecule has 1 N–H and O–H groups in total. The largest absolute Gasteiger partial charge is 0.390 e. The van der Waals surface area contributed by atoms with Crippen molar-refractivity contribution in [3.8, 4) is 0 Å². The standard InChI is InChI=1S/C29H50O2/c1-20(9-8-15-26(2,3)30)23-12-13-24-22-11-10-21-19-27(4,31-7)17-18-28(21,5)25(22)14-16-29(23,24)6/h10,20,22-25,30H,8-9,11-19H2,1-7H3/t20-,22+,23-,24+,25+,27+,28+,29-/m1/s1. The highest BCUT2D eigenvalue weighted by Gasteiger charge is 2.59. The number of rotatable bonds is 6. The maximum Gasteiger partial charge on any atom is 0.0688 e. The van der Waals surface area contributed by atoms with E-state index in [1.807, 2.05) is 21.0 Å². The lowest BCUT2D eigenvalue weighted by molar-refractivity contribution is -0.0807. The molecule has 0 radical (unpaired) electrons. The number of hydrogen-bond acceptors (Lipinski definition) is 2. The average Bonchev–Trinajstić information content (AvgIpc) is 3.05. The molecule has 0 saturated heterocycles. The summed E-state index contributed by atoms with van der Waals surface area (Å²) < 4.78 is 5.93. The molecule has 31 heavy (non-hydrogen) atoms. The number of fused-ring (bicyclic) bond motifs is 5. The first kappa shape index (κ1) is 23.8. The molecule has 0 bridgehead atoms. The molecule has 3 fully saturated rings. The van der Waals surface area contributed by atoms with E-state index in [1.165, 1.54) is 51.4 Å². The number of allylic oxidation sites excluding steroid dienone is 1. The molecule has 4 rings (SSSR count). The van der Waals surface area contributed by atoms with E-state index in [0.717, 1.165) is 48.9 Å². The van der Waals surface area contributed by atoms with Gasteiger partial charge >= 0.3 is 0 Å². The molecule has 0 heterocycles. The zero-order valence-electron chi connectivity index (χ0n) is 21.6. The molecule has 0 aromatic carbocycles. The van der Waals surface area contributed by atoms with E-state index in [0.29, 0.717) is 10.8 Å². The Labute approximate surface area is 192 Å². The van der Waals surface area contributed by atoms with Crippen LogP contribution in [0.2, 0.25) is 0 Å². The molecule has 0 spiro atoms. The Morgan fingerprint density at radius 1 is 1.10 bits per heavy atom. The summed E-state index contributed by atoms with van der Waals surface area (Å²) in [6.07, 6.45) is 16.8. The molecule has 8 atom stereocenters. The molecule has 0 unspecified atom stereocenters. The van der Waals surface area contributed by atoms with E-state index in [4.69, 9.17) is 4.74 Å². The Hall–Kier alpha value is -0.340. The zero-order valence-corrected chi connectivity index (χ0v) is 21.6. The summed E-state index contributed by atoms with van der Waals surface area (Å²) in [7, 11) is 1.91. The molecule has 4 aliphatic carbocycles. The van der Waals surface area contributed by atoms with E-state index in [2.05, 4.69) is 33.8 Å². The van der Waals surface area contributed by atoms with Gasteiger partial charge in [-0.3, -0.25) is 0 Å². The lowest BCUT2D eigenvalue weighted by Crippen LogP contribution is -2.52. The Balaban J connectivity index is 1.48. The van der Waals surface area contributed by atoms with Gasteiger partial charge in [0.05, 0.1) is 11.2 Å². The van der Waals surface area contributed by atoms with Crippen molar-refractivity contribution in [3.63, 3.8) is 0 Å². The summed E-state index contributed by atoms with van der Waals surface area (Å²) in [4.78, 5) is 0. The van der Waals surface area contributed by atoms with Gasteiger partial charge in [-0.2, -0.15) is 0 Å². The summed E-state index contributed by atoms with van der Waals surface area (Å²) in [5.41, 5.74) is 2.21. The zero-order chi connectivity index (χ0) is 22.7. The van der Waals surface area contributed by atoms with Gasteiger partial charge in [-0.25, -0.2) is 0 Å². The van der Waals surface area contributed by atoms with Crippen LogP contribution in [0.3, 0.4) is 0 Å². The van der Waals surface area contributed by atoms with E-state index < -0.39 is 5.60 Å². The lowest BCUT2D eigenvalue weighted by atomic mass is 9.46. The summed E-state index contributed by atoms with van der Waals surface area (Å²) in [6.45, 7) is 14.0. The van der Waals surface area contributed by atoms with Crippen LogP contribution < -0.4 is 0 Å². The van der Waals surface area contributed by atoms with Crippen LogP contribution in [0, 0.1) is 40.4 Å². The van der Waals surface area contributed by atoms with Gasteiger partial charge in [-0.1, -0.05) is 45.3 Å². The fraction of sp³-hybridized carbons (Fsp3) is 0.931. The topological polar surface area (TPSA) is 29.5 Å². The minimum absolute atomic E-state index is 0.0540. The summed E-state index contributed by atoms with van der Waals surface area (Å²) in [5.74, 6) is 4.36. The lowest BCUT2D eigenvalue weighted by Gasteiger charge is -2.59. The maximum atomic E-state index is 10.1. The van der Waals surface area contributed by atoms with Crippen molar-refractivity contribution in [1.29, 1.82) is 0 Å². The molecule has 0 aliphatic heterocycles. The van der Waals surface area contributed by atoms with E-state index in [9.17, 15) is 5.11 Å². The minimum atomic E-state index is -0.514. The number of methoxy groups -OCH3 is 1. The monoisotopic (exact) mass is 430 g/mol. The molecular formula is C29H50O2. The fourth-order valence-electron chi connectivity index (χ4n) is 9.00. The Bertz CT molecular complexity index is 689. The van der Waals surface area contributed by atoms with Gasteiger partial charge in [0.15, 0.2) is 0 Å². The van der Waals surface area contributed by atoms with Gasteiger partial charge < -0.3 is 9.84 Å². The molecular weight excluding hydrogens is 380 g/mol. The van der Waals surface area contributed by atoms with Crippen LogP contribution in [-0.2, 0) is 4.74 Å². The summed E-state index contributed by atoms with van der Waals surface area (Å²) in [5, 5.41) is 10.1. The first-order chi connectivity index (χ1) is 14.4. The normalized spacial score (nSPS) is 46.0.